The minimum atomic E-state index is -4.64. The van der Waals surface area contributed by atoms with Gasteiger partial charge in [-0.3, -0.25) is 14.9 Å². The molecule has 0 bridgehead atoms. The third kappa shape index (κ3) is 5.23. The number of nitrogens with one attached hydrogen (secondary N) is 1. The van der Waals surface area contributed by atoms with Crippen LogP contribution in [0.5, 0.6) is 0 Å². The zero-order chi connectivity index (χ0) is 21.9. The molecule has 0 spiro atoms. The number of ether oxygens (including phenoxy) is 1. The molecule has 11 heteroatoms. The van der Waals surface area contributed by atoms with E-state index in [2.05, 4.69) is 5.32 Å². The highest BCUT2D eigenvalue weighted by atomic mass is 35.5. The molecule has 0 fully saturated rings. The Bertz CT molecular complexity index is 978. The maximum absolute atomic E-state index is 12.8. The lowest BCUT2D eigenvalue weighted by Gasteiger charge is -2.16. The van der Waals surface area contributed by atoms with E-state index in [0.717, 1.165) is 12.1 Å². The van der Waals surface area contributed by atoms with Crippen molar-refractivity contribution in [3.63, 3.8) is 0 Å². The Kier molecular flexibility index (Phi) is 6.48. The number of amides is 1. The van der Waals surface area contributed by atoms with Crippen LogP contribution in [0.1, 0.15) is 28.4 Å². The molecule has 2 aromatic rings. The van der Waals surface area contributed by atoms with E-state index >= 15 is 0 Å². The number of nitrogens with zero attached hydrogens (tertiary/aromatic N) is 1. The quantitative estimate of drug-likeness (QED) is 0.419. The molecule has 0 aliphatic heterocycles. The summed E-state index contributed by atoms with van der Waals surface area (Å²) in [6.45, 7) is 2.54. The van der Waals surface area contributed by atoms with Crippen molar-refractivity contribution in [3.8, 4) is 0 Å². The monoisotopic (exact) mass is 430 g/mol. The van der Waals surface area contributed by atoms with Gasteiger partial charge in [-0.05, 0) is 38.1 Å². The van der Waals surface area contributed by atoms with E-state index in [-0.39, 0.29) is 27.5 Å². The second-order valence-electron chi connectivity index (χ2n) is 5.94. The molecule has 0 aliphatic carbocycles. The Hall–Kier alpha value is -3.14. The van der Waals surface area contributed by atoms with Crippen molar-refractivity contribution in [2.75, 3.05) is 5.32 Å². The summed E-state index contributed by atoms with van der Waals surface area (Å²) in [5, 5.41) is 13.0. The molecule has 1 atom stereocenters. The molecule has 154 valence electrons. The summed E-state index contributed by atoms with van der Waals surface area (Å²) in [6, 6.07) is 6.17. The molecular formula is C18H14ClF3N2O5. The van der Waals surface area contributed by atoms with Gasteiger partial charge >= 0.3 is 12.1 Å². The third-order valence-corrected chi connectivity index (χ3v) is 4.26. The topological polar surface area (TPSA) is 98.5 Å². The number of anilines is 1. The van der Waals surface area contributed by atoms with Gasteiger partial charge in [0.2, 0.25) is 0 Å². The predicted octanol–water partition coefficient (Wildman–Crippen LogP) is 4.76. The first-order valence-corrected chi connectivity index (χ1v) is 8.42. The van der Waals surface area contributed by atoms with Gasteiger partial charge in [0.25, 0.3) is 11.6 Å². The summed E-state index contributed by atoms with van der Waals surface area (Å²) in [6.07, 6.45) is -6.05. The average Bonchev–Trinajstić information content (AvgIpc) is 2.62. The zero-order valence-electron chi connectivity index (χ0n) is 15.0. The van der Waals surface area contributed by atoms with E-state index in [1.165, 1.54) is 32.0 Å². The van der Waals surface area contributed by atoms with Crippen molar-refractivity contribution in [1.82, 2.24) is 0 Å². The van der Waals surface area contributed by atoms with Crippen LogP contribution in [-0.4, -0.2) is 22.9 Å². The number of halogens is 4. The predicted molar refractivity (Wildman–Crippen MR) is 97.8 cm³/mol. The minimum Gasteiger partial charge on any atom is -0.449 e. The first-order valence-electron chi connectivity index (χ1n) is 8.04. The number of hydrogen-bond donors (Lipinski definition) is 1. The normalized spacial score (nSPS) is 12.2. The molecule has 0 heterocycles. The summed E-state index contributed by atoms with van der Waals surface area (Å²) < 4.78 is 43.4. The van der Waals surface area contributed by atoms with Gasteiger partial charge in [-0.1, -0.05) is 17.7 Å². The summed E-state index contributed by atoms with van der Waals surface area (Å²) >= 11 is 5.81. The molecule has 7 nitrogen and oxygen atoms in total. The van der Waals surface area contributed by atoms with Gasteiger partial charge in [0, 0.05) is 11.6 Å². The molecule has 0 aromatic heterocycles. The van der Waals surface area contributed by atoms with Gasteiger partial charge in [-0.15, -0.1) is 0 Å². The van der Waals surface area contributed by atoms with Crippen molar-refractivity contribution in [3.05, 3.63) is 68.2 Å². The van der Waals surface area contributed by atoms with E-state index in [1.54, 1.807) is 0 Å². The van der Waals surface area contributed by atoms with E-state index in [9.17, 15) is 32.9 Å². The summed E-state index contributed by atoms with van der Waals surface area (Å²) in [5.74, 6) is -1.92. The van der Waals surface area contributed by atoms with Crippen LogP contribution in [0.3, 0.4) is 0 Å². The molecular weight excluding hydrogens is 417 g/mol. The third-order valence-electron chi connectivity index (χ3n) is 3.93. The van der Waals surface area contributed by atoms with Crippen molar-refractivity contribution < 1.29 is 32.4 Å². The van der Waals surface area contributed by atoms with Gasteiger partial charge in [-0.2, -0.15) is 13.2 Å². The van der Waals surface area contributed by atoms with E-state index < -0.39 is 34.6 Å². The second kappa shape index (κ2) is 8.48. The second-order valence-corrected chi connectivity index (χ2v) is 6.34. The van der Waals surface area contributed by atoms with Crippen LogP contribution in [0.15, 0.2) is 36.4 Å². The Labute approximate surface area is 167 Å². The van der Waals surface area contributed by atoms with Crippen LogP contribution in [0.25, 0.3) is 0 Å². The molecule has 2 aromatic carbocycles. The molecule has 0 saturated carbocycles. The smallest absolute Gasteiger partial charge is 0.416 e. The van der Waals surface area contributed by atoms with Gasteiger partial charge in [0.05, 0.1) is 26.8 Å². The Morgan fingerprint density at radius 1 is 1.24 bits per heavy atom. The van der Waals surface area contributed by atoms with Crippen LogP contribution < -0.4 is 5.32 Å². The van der Waals surface area contributed by atoms with Crippen LogP contribution in [0.2, 0.25) is 5.02 Å². The lowest BCUT2D eigenvalue weighted by molar-refractivity contribution is -0.385. The van der Waals surface area contributed by atoms with Gasteiger partial charge < -0.3 is 10.1 Å². The molecule has 29 heavy (non-hydrogen) atoms. The number of nitro groups is 1. The van der Waals surface area contributed by atoms with Crippen LogP contribution in [0.4, 0.5) is 24.5 Å². The molecule has 1 N–H and O–H groups in total. The fourth-order valence-electron chi connectivity index (χ4n) is 2.35. The zero-order valence-corrected chi connectivity index (χ0v) is 15.8. The number of nitro benzene ring substituents is 1. The van der Waals surface area contributed by atoms with E-state index in [4.69, 9.17) is 16.3 Å². The highest BCUT2D eigenvalue weighted by Gasteiger charge is 2.31. The molecule has 2 rings (SSSR count). The van der Waals surface area contributed by atoms with Crippen molar-refractivity contribution >= 4 is 34.9 Å². The minimum absolute atomic E-state index is 0.0519. The number of carbonyl (C=O) groups excluding carboxylic acids is 2. The average molecular weight is 431 g/mol. The first kappa shape index (κ1) is 22.2. The van der Waals surface area contributed by atoms with Crippen LogP contribution >= 0.6 is 11.6 Å². The molecule has 0 aliphatic rings. The number of benzene rings is 2. The Morgan fingerprint density at radius 2 is 1.90 bits per heavy atom. The molecule has 1 amide bonds. The number of esters is 1. The highest BCUT2D eigenvalue weighted by Crippen LogP contribution is 2.34. The number of hydrogen-bond acceptors (Lipinski definition) is 5. The fraction of sp³-hybridized carbons (Fsp3) is 0.222. The van der Waals surface area contributed by atoms with Gasteiger partial charge in [0.1, 0.15) is 0 Å². The number of alkyl halides is 3. The maximum atomic E-state index is 12.8. The standard InChI is InChI=1S/C18H14ClF3N2O5/c1-9-12(4-3-5-15(9)24(27)28)17(26)29-10(2)16(25)23-14-8-11(18(20,21)22)6-7-13(14)19/h3-8,10H,1-2H3,(H,23,25). The van der Waals surface area contributed by atoms with Crippen molar-refractivity contribution in [2.24, 2.45) is 0 Å². The lowest BCUT2D eigenvalue weighted by Crippen LogP contribution is -2.30. The Morgan fingerprint density at radius 3 is 2.48 bits per heavy atom. The summed E-state index contributed by atoms with van der Waals surface area (Å²) in [4.78, 5) is 34.8. The number of carbonyl (C=O) groups is 2. The van der Waals surface area contributed by atoms with Crippen molar-refractivity contribution in [1.29, 1.82) is 0 Å². The molecule has 0 saturated heterocycles. The molecule has 0 radical (unpaired) electrons. The first-order chi connectivity index (χ1) is 13.4. The molecule has 1 unspecified atom stereocenters. The lowest BCUT2D eigenvalue weighted by atomic mass is 10.1. The maximum Gasteiger partial charge on any atom is 0.416 e. The van der Waals surface area contributed by atoms with Crippen LogP contribution in [0, 0.1) is 17.0 Å². The number of rotatable bonds is 5. The summed E-state index contributed by atoms with van der Waals surface area (Å²) in [7, 11) is 0. The largest absolute Gasteiger partial charge is 0.449 e. The van der Waals surface area contributed by atoms with E-state index in [1.807, 2.05) is 0 Å². The fourth-order valence-corrected chi connectivity index (χ4v) is 2.52. The highest BCUT2D eigenvalue weighted by molar-refractivity contribution is 6.33. The van der Waals surface area contributed by atoms with Gasteiger partial charge in [-0.25, -0.2) is 4.79 Å². The van der Waals surface area contributed by atoms with Crippen molar-refractivity contribution in [2.45, 2.75) is 26.1 Å². The summed E-state index contributed by atoms with van der Waals surface area (Å²) in [5.41, 5.74) is -1.69. The van der Waals surface area contributed by atoms with E-state index in [0.29, 0.717) is 6.07 Å². The van der Waals surface area contributed by atoms with Crippen LogP contribution in [-0.2, 0) is 15.7 Å². The SMILES string of the molecule is Cc1c(C(=O)OC(C)C(=O)Nc2cc(C(F)(F)F)ccc2Cl)cccc1[N+](=O)[O-]. The van der Waals surface area contributed by atoms with Gasteiger partial charge in [0.15, 0.2) is 6.10 Å². The Balaban J connectivity index is 2.15.